The molecule has 0 heterocycles. The zero-order valence-electron chi connectivity index (χ0n) is 20.3. The predicted molar refractivity (Wildman–Crippen MR) is 144 cm³/mol. The number of nitrogens with one attached hydrogen (secondary N) is 4. The summed E-state index contributed by atoms with van der Waals surface area (Å²) in [4.78, 5) is 47.7. The number of amides is 3. The number of aliphatic carboxylic acids is 1. The SMILES string of the molecule is O=C(O)CNC(c1ccccc1)c1cc(Br)ccc1NC(=O)CNC(=O)CNC(=O)OCc1ccccc1. The molecule has 0 aliphatic carbocycles. The van der Waals surface area contributed by atoms with E-state index in [2.05, 4.69) is 37.2 Å². The molecule has 0 saturated heterocycles. The third-order valence-electron chi connectivity index (χ3n) is 5.24. The van der Waals surface area contributed by atoms with Crippen LogP contribution in [0.25, 0.3) is 0 Å². The second-order valence-electron chi connectivity index (χ2n) is 8.09. The van der Waals surface area contributed by atoms with E-state index in [9.17, 15) is 24.3 Å². The first kappa shape index (κ1) is 28.4. The van der Waals surface area contributed by atoms with E-state index in [1.807, 2.05) is 48.5 Å². The Bertz CT molecular complexity index is 1260. The summed E-state index contributed by atoms with van der Waals surface area (Å²) >= 11 is 3.43. The highest BCUT2D eigenvalue weighted by atomic mass is 79.9. The summed E-state index contributed by atoms with van der Waals surface area (Å²) < 4.78 is 5.78. The van der Waals surface area contributed by atoms with Crippen LogP contribution in [-0.2, 0) is 25.7 Å². The largest absolute Gasteiger partial charge is 0.480 e. The predicted octanol–water partition coefficient (Wildman–Crippen LogP) is 3.19. The van der Waals surface area contributed by atoms with Crippen molar-refractivity contribution < 1.29 is 29.0 Å². The molecule has 11 heteroatoms. The summed E-state index contributed by atoms with van der Waals surface area (Å²) in [7, 11) is 0. The topological polar surface area (TPSA) is 146 Å². The fourth-order valence-corrected chi connectivity index (χ4v) is 3.87. The first-order chi connectivity index (χ1) is 18.3. The molecule has 198 valence electrons. The molecule has 1 atom stereocenters. The third kappa shape index (κ3) is 9.34. The number of alkyl carbamates (subject to hydrolysis) is 1. The smallest absolute Gasteiger partial charge is 0.407 e. The van der Waals surface area contributed by atoms with Gasteiger partial charge in [0.2, 0.25) is 11.8 Å². The van der Waals surface area contributed by atoms with Gasteiger partial charge in [-0.3, -0.25) is 19.7 Å². The number of carboxylic acid groups (broad SMARTS) is 1. The van der Waals surface area contributed by atoms with Gasteiger partial charge in [0.05, 0.1) is 19.1 Å². The number of benzene rings is 3. The van der Waals surface area contributed by atoms with Crippen molar-refractivity contribution in [3.8, 4) is 0 Å². The molecular weight excluding hydrogens is 556 g/mol. The lowest BCUT2D eigenvalue weighted by Gasteiger charge is -2.22. The minimum Gasteiger partial charge on any atom is -0.480 e. The molecule has 0 bridgehead atoms. The molecule has 0 aliphatic heterocycles. The minimum absolute atomic E-state index is 0.0670. The van der Waals surface area contributed by atoms with Crippen LogP contribution in [0, 0.1) is 0 Å². The van der Waals surface area contributed by atoms with Crippen LogP contribution in [0.15, 0.2) is 83.3 Å². The van der Waals surface area contributed by atoms with Gasteiger partial charge in [-0.1, -0.05) is 76.6 Å². The van der Waals surface area contributed by atoms with Crippen molar-refractivity contribution >= 4 is 45.5 Å². The molecule has 0 aromatic heterocycles. The molecule has 3 rings (SSSR count). The van der Waals surface area contributed by atoms with E-state index in [1.54, 1.807) is 30.3 Å². The minimum atomic E-state index is -1.02. The molecule has 0 spiro atoms. The lowest BCUT2D eigenvalue weighted by Crippen LogP contribution is -2.40. The van der Waals surface area contributed by atoms with E-state index in [0.29, 0.717) is 11.3 Å². The van der Waals surface area contributed by atoms with E-state index in [1.165, 1.54) is 0 Å². The first-order valence-corrected chi connectivity index (χ1v) is 12.4. The van der Waals surface area contributed by atoms with E-state index in [0.717, 1.165) is 15.6 Å². The Balaban J connectivity index is 1.55. The van der Waals surface area contributed by atoms with Gasteiger partial charge in [-0.2, -0.15) is 0 Å². The zero-order chi connectivity index (χ0) is 27.3. The van der Waals surface area contributed by atoms with Gasteiger partial charge >= 0.3 is 12.1 Å². The molecule has 1 unspecified atom stereocenters. The molecule has 0 saturated carbocycles. The van der Waals surface area contributed by atoms with Crippen LogP contribution in [0.3, 0.4) is 0 Å². The Morgan fingerprint density at radius 2 is 1.47 bits per heavy atom. The highest BCUT2D eigenvalue weighted by Crippen LogP contribution is 2.31. The Labute approximate surface area is 227 Å². The number of hydrogen-bond donors (Lipinski definition) is 5. The van der Waals surface area contributed by atoms with Crippen LogP contribution in [0.4, 0.5) is 10.5 Å². The highest BCUT2D eigenvalue weighted by Gasteiger charge is 2.20. The molecule has 0 fully saturated rings. The Hall–Kier alpha value is -4.22. The van der Waals surface area contributed by atoms with Gasteiger partial charge in [-0.25, -0.2) is 4.79 Å². The number of rotatable bonds is 12. The fraction of sp³-hybridized carbons (Fsp3) is 0.185. The number of carboxylic acids is 1. The summed E-state index contributed by atoms with van der Waals surface area (Å²) in [5, 5.41) is 19.7. The van der Waals surface area contributed by atoms with Crippen LogP contribution < -0.4 is 21.3 Å². The monoisotopic (exact) mass is 582 g/mol. The molecule has 0 aliphatic rings. The number of halogens is 1. The third-order valence-corrected chi connectivity index (χ3v) is 5.73. The van der Waals surface area contributed by atoms with E-state index < -0.39 is 29.9 Å². The first-order valence-electron chi connectivity index (χ1n) is 11.6. The molecule has 3 aromatic rings. The second-order valence-corrected chi connectivity index (χ2v) is 9.01. The number of anilines is 1. The molecule has 5 N–H and O–H groups in total. The Morgan fingerprint density at radius 1 is 0.816 bits per heavy atom. The standard InChI is InChI=1S/C27H27BrN4O6/c28-20-11-12-22(21(13-20)26(30-16-25(35)36)19-9-5-2-6-10-19)32-24(34)15-29-23(33)14-31-27(37)38-17-18-7-3-1-4-8-18/h1-13,26,30H,14-17H2,(H,29,33)(H,31,37)(H,32,34)(H,35,36). The van der Waals surface area contributed by atoms with Gasteiger partial charge in [0, 0.05) is 10.2 Å². The highest BCUT2D eigenvalue weighted by molar-refractivity contribution is 9.10. The van der Waals surface area contributed by atoms with Crippen molar-refractivity contribution in [2.75, 3.05) is 25.0 Å². The summed E-state index contributed by atoms with van der Waals surface area (Å²) in [5.74, 6) is -2.09. The quantitative estimate of drug-likeness (QED) is 0.220. The van der Waals surface area contributed by atoms with Crippen molar-refractivity contribution in [2.45, 2.75) is 12.6 Å². The summed E-state index contributed by atoms with van der Waals surface area (Å²) in [6.45, 7) is -0.929. The maximum atomic E-state index is 12.6. The number of carbonyl (C=O) groups is 4. The van der Waals surface area contributed by atoms with Crippen molar-refractivity contribution in [2.24, 2.45) is 0 Å². The fourth-order valence-electron chi connectivity index (χ4n) is 3.49. The lowest BCUT2D eigenvalue weighted by molar-refractivity contribution is -0.136. The summed E-state index contributed by atoms with van der Waals surface area (Å²) in [6.07, 6.45) is -0.756. The van der Waals surface area contributed by atoms with Crippen molar-refractivity contribution in [3.05, 3.63) is 100 Å². The molecule has 3 aromatic carbocycles. The van der Waals surface area contributed by atoms with Gasteiger partial charge in [-0.05, 0) is 34.9 Å². The second kappa shape index (κ2) is 14.5. The van der Waals surface area contributed by atoms with Crippen LogP contribution in [0.1, 0.15) is 22.7 Å². The number of ether oxygens (including phenoxy) is 1. The van der Waals surface area contributed by atoms with Gasteiger partial charge in [0.1, 0.15) is 13.2 Å². The van der Waals surface area contributed by atoms with Gasteiger partial charge in [0.25, 0.3) is 0 Å². The van der Waals surface area contributed by atoms with Crippen molar-refractivity contribution in [3.63, 3.8) is 0 Å². The normalized spacial score (nSPS) is 11.2. The maximum absolute atomic E-state index is 12.6. The van der Waals surface area contributed by atoms with Crippen LogP contribution in [0.2, 0.25) is 0 Å². The van der Waals surface area contributed by atoms with Crippen LogP contribution in [-0.4, -0.2) is 48.6 Å². The average molecular weight is 583 g/mol. The Kier molecular flexibility index (Phi) is 10.8. The van der Waals surface area contributed by atoms with Gasteiger partial charge in [-0.15, -0.1) is 0 Å². The molecule has 0 radical (unpaired) electrons. The molecule has 3 amide bonds. The number of hydrogen-bond acceptors (Lipinski definition) is 6. The molecular formula is C27H27BrN4O6. The maximum Gasteiger partial charge on any atom is 0.407 e. The lowest BCUT2D eigenvalue weighted by atomic mass is 9.97. The van der Waals surface area contributed by atoms with Gasteiger partial charge < -0.3 is 25.8 Å². The number of carbonyl (C=O) groups excluding carboxylic acids is 3. The van der Waals surface area contributed by atoms with Gasteiger partial charge in [0.15, 0.2) is 0 Å². The summed E-state index contributed by atoms with van der Waals surface area (Å²) in [6, 6.07) is 23.0. The summed E-state index contributed by atoms with van der Waals surface area (Å²) in [5.41, 5.74) is 2.70. The molecule has 38 heavy (non-hydrogen) atoms. The zero-order valence-corrected chi connectivity index (χ0v) is 21.9. The Morgan fingerprint density at radius 3 is 2.16 bits per heavy atom. The van der Waals surface area contributed by atoms with E-state index in [4.69, 9.17) is 4.74 Å². The van der Waals surface area contributed by atoms with Crippen LogP contribution in [0.5, 0.6) is 0 Å². The van der Waals surface area contributed by atoms with Crippen molar-refractivity contribution in [1.82, 2.24) is 16.0 Å². The van der Waals surface area contributed by atoms with Crippen LogP contribution >= 0.6 is 15.9 Å². The van der Waals surface area contributed by atoms with E-state index >= 15 is 0 Å². The average Bonchev–Trinajstić information content (AvgIpc) is 2.92. The van der Waals surface area contributed by atoms with Crippen molar-refractivity contribution in [1.29, 1.82) is 0 Å². The molecule has 10 nitrogen and oxygen atoms in total. The van der Waals surface area contributed by atoms with E-state index in [-0.39, 0.29) is 26.2 Å².